The van der Waals surface area contributed by atoms with Gasteiger partial charge in [-0.2, -0.15) is 0 Å². The maximum absolute atomic E-state index is 14.5. The van der Waals surface area contributed by atoms with Gasteiger partial charge in [-0.1, -0.05) is 5.16 Å². The summed E-state index contributed by atoms with van der Waals surface area (Å²) in [5.41, 5.74) is 0.985. The van der Waals surface area contributed by atoms with Crippen LogP contribution in [-0.4, -0.2) is 24.8 Å². The van der Waals surface area contributed by atoms with Gasteiger partial charge in [0.15, 0.2) is 9.84 Å². The van der Waals surface area contributed by atoms with Crippen LogP contribution >= 0.6 is 0 Å². The second-order valence-corrected chi connectivity index (χ2v) is 7.22. The molecular formula is C16H12F2N2O3S. The van der Waals surface area contributed by atoms with E-state index in [1.807, 2.05) is 0 Å². The first kappa shape index (κ1) is 16.3. The van der Waals surface area contributed by atoms with Crippen molar-refractivity contribution in [3.63, 3.8) is 0 Å². The molecule has 2 aromatic heterocycles. The normalized spacial score (nSPS) is 11.7. The minimum absolute atomic E-state index is 0.127. The van der Waals surface area contributed by atoms with Crippen molar-refractivity contribution in [1.29, 1.82) is 0 Å². The second kappa shape index (κ2) is 5.79. The summed E-state index contributed by atoms with van der Waals surface area (Å²) >= 11 is 0. The third kappa shape index (κ3) is 2.80. The molecular weight excluding hydrogens is 338 g/mol. The lowest BCUT2D eigenvalue weighted by atomic mass is 10.00. The summed E-state index contributed by atoms with van der Waals surface area (Å²) in [5, 5.41) is 3.88. The maximum Gasteiger partial charge on any atom is 0.178 e. The van der Waals surface area contributed by atoms with E-state index in [0.29, 0.717) is 17.3 Å². The highest BCUT2D eigenvalue weighted by molar-refractivity contribution is 7.90. The lowest BCUT2D eigenvalue weighted by Crippen LogP contribution is -2.03. The number of rotatable bonds is 3. The highest BCUT2D eigenvalue weighted by Crippen LogP contribution is 2.36. The smallest absolute Gasteiger partial charge is 0.178 e. The van der Waals surface area contributed by atoms with Gasteiger partial charge in [0.05, 0.1) is 5.56 Å². The molecule has 0 unspecified atom stereocenters. The Morgan fingerprint density at radius 2 is 1.92 bits per heavy atom. The fourth-order valence-corrected chi connectivity index (χ4v) is 3.12. The van der Waals surface area contributed by atoms with Crippen molar-refractivity contribution < 1.29 is 21.7 Å². The number of hydrogen-bond donors (Lipinski definition) is 0. The van der Waals surface area contributed by atoms with E-state index >= 15 is 0 Å². The Bertz CT molecular complexity index is 1020. The third-order valence-electron chi connectivity index (χ3n) is 3.49. The Hall–Kier alpha value is -2.61. The molecule has 0 spiro atoms. The van der Waals surface area contributed by atoms with Gasteiger partial charge in [0.1, 0.15) is 28.0 Å². The van der Waals surface area contributed by atoms with Crippen LogP contribution in [0.4, 0.5) is 8.78 Å². The molecule has 3 rings (SSSR count). The van der Waals surface area contributed by atoms with Crippen molar-refractivity contribution in [2.24, 2.45) is 0 Å². The molecule has 0 amide bonds. The molecule has 0 radical (unpaired) electrons. The van der Waals surface area contributed by atoms with Crippen LogP contribution in [0.1, 0.15) is 5.76 Å². The summed E-state index contributed by atoms with van der Waals surface area (Å²) in [6, 6.07) is 4.88. The molecule has 0 aliphatic rings. The van der Waals surface area contributed by atoms with Crippen molar-refractivity contribution in [3.8, 4) is 22.4 Å². The van der Waals surface area contributed by atoms with Crippen LogP contribution < -0.4 is 0 Å². The largest absolute Gasteiger partial charge is 0.360 e. The standard InChI is InChI=1S/C16H12F2N2O3S/c1-9-15(16(20-23-9)10-4-3-5-19-8-10)11-6-13(18)14(7-12(11)17)24(2,21)22/h3-8H,1-2H3. The fourth-order valence-electron chi connectivity index (χ4n) is 2.39. The number of nitrogens with zero attached hydrogens (tertiary/aromatic N) is 2. The van der Waals surface area contributed by atoms with E-state index < -0.39 is 26.4 Å². The molecule has 0 saturated carbocycles. The third-order valence-corrected chi connectivity index (χ3v) is 4.60. The number of halogens is 2. The van der Waals surface area contributed by atoms with Crippen LogP contribution in [0.15, 0.2) is 46.1 Å². The molecule has 0 atom stereocenters. The van der Waals surface area contributed by atoms with E-state index in [4.69, 9.17) is 4.52 Å². The Morgan fingerprint density at radius 1 is 1.17 bits per heavy atom. The van der Waals surface area contributed by atoms with Crippen molar-refractivity contribution in [2.75, 3.05) is 6.26 Å². The van der Waals surface area contributed by atoms with E-state index in [9.17, 15) is 17.2 Å². The molecule has 3 aromatic rings. The fraction of sp³-hybridized carbons (Fsp3) is 0.125. The van der Waals surface area contributed by atoms with Gasteiger partial charge in [-0.15, -0.1) is 0 Å². The molecule has 24 heavy (non-hydrogen) atoms. The van der Waals surface area contributed by atoms with Crippen LogP contribution in [0.3, 0.4) is 0 Å². The average molecular weight is 350 g/mol. The molecule has 0 fully saturated rings. The molecule has 0 aliphatic heterocycles. The van der Waals surface area contributed by atoms with Crippen molar-refractivity contribution >= 4 is 9.84 Å². The van der Waals surface area contributed by atoms with E-state index in [2.05, 4.69) is 10.1 Å². The molecule has 0 saturated heterocycles. The van der Waals surface area contributed by atoms with Crippen LogP contribution in [0.25, 0.3) is 22.4 Å². The molecule has 0 N–H and O–H groups in total. The molecule has 124 valence electrons. The minimum Gasteiger partial charge on any atom is -0.360 e. The van der Waals surface area contributed by atoms with Gasteiger partial charge < -0.3 is 4.52 Å². The van der Waals surface area contributed by atoms with Gasteiger partial charge in [0.2, 0.25) is 0 Å². The number of aromatic nitrogens is 2. The molecule has 5 nitrogen and oxygen atoms in total. The van der Waals surface area contributed by atoms with Crippen LogP contribution in [0, 0.1) is 18.6 Å². The summed E-state index contributed by atoms with van der Waals surface area (Å²) in [6.45, 7) is 1.56. The molecule has 0 aliphatic carbocycles. The van der Waals surface area contributed by atoms with Gasteiger partial charge in [0.25, 0.3) is 0 Å². The van der Waals surface area contributed by atoms with E-state index in [0.717, 1.165) is 12.3 Å². The minimum atomic E-state index is -3.88. The first-order chi connectivity index (χ1) is 11.3. The first-order valence-corrected chi connectivity index (χ1v) is 8.74. The highest BCUT2D eigenvalue weighted by atomic mass is 32.2. The Kier molecular flexibility index (Phi) is 3.92. The SMILES string of the molecule is Cc1onc(-c2cccnc2)c1-c1cc(F)c(S(C)(=O)=O)cc1F. The number of hydrogen-bond acceptors (Lipinski definition) is 5. The topological polar surface area (TPSA) is 73.1 Å². The van der Waals surface area contributed by atoms with Gasteiger partial charge in [-0.25, -0.2) is 17.2 Å². The average Bonchev–Trinajstić information content (AvgIpc) is 2.90. The van der Waals surface area contributed by atoms with Crippen molar-refractivity contribution in [1.82, 2.24) is 10.1 Å². The van der Waals surface area contributed by atoms with Crippen molar-refractivity contribution in [2.45, 2.75) is 11.8 Å². The zero-order valence-corrected chi connectivity index (χ0v) is 13.6. The summed E-state index contributed by atoms with van der Waals surface area (Å²) in [4.78, 5) is 3.27. The van der Waals surface area contributed by atoms with Crippen molar-refractivity contribution in [3.05, 3.63) is 54.1 Å². The van der Waals surface area contributed by atoms with Gasteiger partial charge in [-0.3, -0.25) is 4.98 Å². The zero-order valence-electron chi connectivity index (χ0n) is 12.7. The summed E-state index contributed by atoms with van der Waals surface area (Å²) in [5.74, 6) is -1.64. The highest BCUT2D eigenvalue weighted by Gasteiger charge is 2.24. The lowest BCUT2D eigenvalue weighted by molar-refractivity contribution is 0.400. The summed E-state index contributed by atoms with van der Waals surface area (Å²) in [7, 11) is -3.88. The predicted molar refractivity (Wildman–Crippen MR) is 82.9 cm³/mol. The van der Waals surface area contributed by atoms with E-state index in [1.165, 1.54) is 6.20 Å². The second-order valence-electron chi connectivity index (χ2n) is 5.24. The number of sulfone groups is 1. The van der Waals surface area contributed by atoms with E-state index in [1.54, 1.807) is 25.3 Å². The van der Waals surface area contributed by atoms with Crippen LogP contribution in [-0.2, 0) is 9.84 Å². The molecule has 8 heteroatoms. The number of pyridine rings is 1. The monoisotopic (exact) mass is 350 g/mol. The summed E-state index contributed by atoms with van der Waals surface area (Å²) in [6.07, 6.45) is 3.90. The van der Waals surface area contributed by atoms with Gasteiger partial charge in [0, 0.05) is 29.8 Å². The molecule has 2 heterocycles. The van der Waals surface area contributed by atoms with Crippen LogP contribution in [0.2, 0.25) is 0 Å². The maximum atomic E-state index is 14.5. The van der Waals surface area contributed by atoms with Gasteiger partial charge >= 0.3 is 0 Å². The van der Waals surface area contributed by atoms with E-state index in [-0.39, 0.29) is 16.9 Å². The first-order valence-electron chi connectivity index (χ1n) is 6.85. The number of aryl methyl sites for hydroxylation is 1. The zero-order chi connectivity index (χ0) is 17.5. The van der Waals surface area contributed by atoms with Gasteiger partial charge in [-0.05, 0) is 31.2 Å². The van der Waals surface area contributed by atoms with Crippen LogP contribution in [0.5, 0.6) is 0 Å². The Labute approximate surface area is 136 Å². The molecule has 1 aromatic carbocycles. The Balaban J connectivity index is 2.25. The number of benzene rings is 1. The summed E-state index contributed by atoms with van der Waals surface area (Å²) < 4.78 is 56.8. The quantitative estimate of drug-likeness (QED) is 0.724. The Morgan fingerprint density at radius 3 is 2.54 bits per heavy atom. The molecule has 0 bridgehead atoms. The lowest BCUT2D eigenvalue weighted by Gasteiger charge is -2.08. The predicted octanol–water partition coefficient (Wildman–Crippen LogP) is 3.39.